The minimum Gasteiger partial charge on any atom is -0.303 e. The van der Waals surface area contributed by atoms with E-state index in [1.165, 1.54) is 38.9 Å². The molecule has 1 atom stereocenters. The Hall–Kier alpha value is -0.0400. The Bertz CT molecular complexity index is 118. The lowest BCUT2D eigenvalue weighted by molar-refractivity contribution is 0.317. The van der Waals surface area contributed by atoms with Gasteiger partial charge in [0.2, 0.25) is 0 Å². The van der Waals surface area contributed by atoms with Crippen LogP contribution < -0.4 is 0 Å². The average Bonchev–Trinajstić information content (AvgIpc) is 2.59. The predicted octanol–water partition coefficient (Wildman–Crippen LogP) is 1.55. The normalized spacial score (nSPS) is 35.1. The van der Waals surface area contributed by atoms with Gasteiger partial charge >= 0.3 is 0 Å². The van der Waals surface area contributed by atoms with Crippen LogP contribution in [0.15, 0.2) is 0 Å². The van der Waals surface area contributed by atoms with Crippen LogP contribution in [0.4, 0.5) is 0 Å². The summed E-state index contributed by atoms with van der Waals surface area (Å²) in [7, 11) is 0. The fourth-order valence-electron chi connectivity index (χ4n) is 1.74. The number of hydrogen-bond donors (Lipinski definition) is 0. The van der Waals surface area contributed by atoms with E-state index in [0.717, 1.165) is 11.8 Å². The molecule has 0 amide bonds. The summed E-state index contributed by atoms with van der Waals surface area (Å²) in [6.07, 6.45) is 4.29. The Morgan fingerprint density at radius 2 is 2.10 bits per heavy atom. The van der Waals surface area contributed by atoms with Crippen LogP contribution >= 0.6 is 0 Å². The fourth-order valence-corrected chi connectivity index (χ4v) is 1.74. The first kappa shape index (κ1) is 6.66. The molecule has 10 heavy (non-hydrogen) atoms. The molecule has 1 aliphatic carbocycles. The van der Waals surface area contributed by atoms with Gasteiger partial charge in [-0.05, 0) is 44.6 Å². The largest absolute Gasteiger partial charge is 0.303 e. The zero-order valence-corrected chi connectivity index (χ0v) is 6.55. The van der Waals surface area contributed by atoms with Crippen LogP contribution in [0.25, 0.3) is 0 Å². The van der Waals surface area contributed by atoms with Crippen molar-refractivity contribution in [3.8, 4) is 0 Å². The van der Waals surface area contributed by atoms with Gasteiger partial charge in [0.05, 0.1) is 0 Å². The molecule has 57 valence electrons. The molecule has 1 unspecified atom stereocenters. The van der Waals surface area contributed by atoms with Gasteiger partial charge in [-0.25, -0.2) is 0 Å². The SMILES string of the molecule is [CH2]C1CCN(CC2CC2)C1. The highest BCUT2D eigenvalue weighted by Crippen LogP contribution is 2.31. The lowest BCUT2D eigenvalue weighted by Gasteiger charge is -2.13. The van der Waals surface area contributed by atoms with Crippen molar-refractivity contribution in [1.82, 2.24) is 4.90 Å². The second-order valence-corrected chi connectivity index (χ2v) is 3.86. The Morgan fingerprint density at radius 3 is 2.60 bits per heavy atom. The van der Waals surface area contributed by atoms with Gasteiger partial charge in [0.1, 0.15) is 0 Å². The van der Waals surface area contributed by atoms with E-state index in [-0.39, 0.29) is 0 Å². The molecule has 2 fully saturated rings. The van der Waals surface area contributed by atoms with E-state index in [9.17, 15) is 0 Å². The van der Waals surface area contributed by atoms with E-state index in [0.29, 0.717) is 0 Å². The third kappa shape index (κ3) is 1.51. The molecule has 1 heterocycles. The summed E-state index contributed by atoms with van der Waals surface area (Å²) in [4.78, 5) is 2.58. The van der Waals surface area contributed by atoms with Gasteiger partial charge in [-0.15, -0.1) is 0 Å². The highest BCUT2D eigenvalue weighted by Gasteiger charge is 2.27. The Kier molecular flexibility index (Phi) is 1.69. The average molecular weight is 138 g/mol. The van der Waals surface area contributed by atoms with Gasteiger partial charge < -0.3 is 4.90 Å². The monoisotopic (exact) mass is 138 g/mol. The van der Waals surface area contributed by atoms with Crippen molar-refractivity contribution >= 4 is 0 Å². The van der Waals surface area contributed by atoms with Crippen molar-refractivity contribution < 1.29 is 0 Å². The van der Waals surface area contributed by atoms with E-state index in [1.807, 2.05) is 0 Å². The van der Waals surface area contributed by atoms with Crippen LogP contribution in [0.3, 0.4) is 0 Å². The van der Waals surface area contributed by atoms with E-state index in [4.69, 9.17) is 0 Å². The smallest absolute Gasteiger partial charge is 0.00103 e. The van der Waals surface area contributed by atoms with Gasteiger partial charge in [-0.3, -0.25) is 0 Å². The van der Waals surface area contributed by atoms with Gasteiger partial charge in [-0.1, -0.05) is 0 Å². The number of likely N-dealkylation sites (tertiary alicyclic amines) is 1. The topological polar surface area (TPSA) is 3.24 Å². The van der Waals surface area contributed by atoms with E-state index in [1.54, 1.807) is 0 Å². The number of rotatable bonds is 2. The van der Waals surface area contributed by atoms with Crippen molar-refractivity contribution in [1.29, 1.82) is 0 Å². The third-order valence-corrected chi connectivity index (χ3v) is 2.58. The summed E-state index contributed by atoms with van der Waals surface area (Å²) in [5.41, 5.74) is 0. The predicted molar refractivity (Wildman–Crippen MR) is 42.6 cm³/mol. The maximum Gasteiger partial charge on any atom is 0.00103 e. The van der Waals surface area contributed by atoms with Crippen LogP contribution in [-0.4, -0.2) is 24.5 Å². The molecule has 1 nitrogen and oxygen atoms in total. The molecule has 0 aromatic rings. The lowest BCUT2D eigenvalue weighted by atomic mass is 10.2. The van der Waals surface area contributed by atoms with Gasteiger partial charge in [0.15, 0.2) is 0 Å². The second-order valence-electron chi connectivity index (χ2n) is 3.86. The molecule has 1 radical (unpaired) electrons. The van der Waals surface area contributed by atoms with E-state index < -0.39 is 0 Å². The summed E-state index contributed by atoms with van der Waals surface area (Å²) >= 11 is 0. The van der Waals surface area contributed by atoms with Crippen molar-refractivity contribution in [2.45, 2.75) is 19.3 Å². The quantitative estimate of drug-likeness (QED) is 0.559. The summed E-state index contributed by atoms with van der Waals surface area (Å²) in [5, 5.41) is 0. The molecular weight excluding hydrogens is 122 g/mol. The zero-order valence-electron chi connectivity index (χ0n) is 6.55. The molecular formula is C9H16N. The summed E-state index contributed by atoms with van der Waals surface area (Å²) in [6.45, 7) is 8.01. The molecule has 0 bridgehead atoms. The van der Waals surface area contributed by atoms with E-state index in [2.05, 4.69) is 11.8 Å². The molecule has 1 heteroatoms. The molecule has 2 aliphatic rings. The molecule has 0 aromatic carbocycles. The highest BCUT2D eigenvalue weighted by molar-refractivity contribution is 4.82. The van der Waals surface area contributed by atoms with Crippen LogP contribution in [-0.2, 0) is 0 Å². The first-order valence-corrected chi connectivity index (χ1v) is 4.40. The van der Waals surface area contributed by atoms with Crippen molar-refractivity contribution in [2.24, 2.45) is 11.8 Å². The minimum absolute atomic E-state index is 0.721. The number of nitrogens with zero attached hydrogens (tertiary/aromatic N) is 1. The first-order valence-electron chi connectivity index (χ1n) is 4.40. The number of hydrogen-bond acceptors (Lipinski definition) is 1. The zero-order chi connectivity index (χ0) is 6.97. The highest BCUT2D eigenvalue weighted by atomic mass is 15.1. The Balaban J connectivity index is 1.72. The Labute approximate surface area is 63.4 Å². The summed E-state index contributed by atoms with van der Waals surface area (Å²) < 4.78 is 0. The Morgan fingerprint density at radius 1 is 1.30 bits per heavy atom. The van der Waals surface area contributed by atoms with E-state index >= 15 is 0 Å². The van der Waals surface area contributed by atoms with Gasteiger partial charge in [0, 0.05) is 13.1 Å². The molecule has 1 saturated carbocycles. The van der Waals surface area contributed by atoms with Crippen LogP contribution in [0.5, 0.6) is 0 Å². The molecule has 2 rings (SSSR count). The third-order valence-electron chi connectivity index (χ3n) is 2.58. The fraction of sp³-hybridized carbons (Fsp3) is 0.889. The standard InChI is InChI=1S/C9H16N/c1-8-4-5-10(6-8)7-9-2-3-9/h8-9H,1-7H2. The molecule has 0 aromatic heterocycles. The van der Waals surface area contributed by atoms with Crippen LogP contribution in [0.2, 0.25) is 0 Å². The molecule has 1 saturated heterocycles. The van der Waals surface area contributed by atoms with Gasteiger partial charge in [-0.2, -0.15) is 0 Å². The second kappa shape index (κ2) is 2.54. The summed E-state index contributed by atoms with van der Waals surface area (Å²) in [5.74, 6) is 1.78. The minimum atomic E-state index is 0.721. The lowest BCUT2D eigenvalue weighted by Crippen LogP contribution is -2.22. The van der Waals surface area contributed by atoms with Crippen molar-refractivity contribution in [3.63, 3.8) is 0 Å². The maximum atomic E-state index is 4.07. The summed E-state index contributed by atoms with van der Waals surface area (Å²) in [6, 6.07) is 0. The van der Waals surface area contributed by atoms with Crippen LogP contribution in [0, 0.1) is 18.8 Å². The molecule has 0 spiro atoms. The van der Waals surface area contributed by atoms with Crippen molar-refractivity contribution in [2.75, 3.05) is 19.6 Å². The first-order chi connectivity index (χ1) is 4.84. The van der Waals surface area contributed by atoms with Gasteiger partial charge in [0.25, 0.3) is 0 Å². The molecule has 1 aliphatic heterocycles. The maximum absolute atomic E-state index is 4.07. The van der Waals surface area contributed by atoms with Crippen molar-refractivity contribution in [3.05, 3.63) is 6.92 Å². The molecule has 0 N–H and O–H groups in total. The van der Waals surface area contributed by atoms with Crippen LogP contribution in [0.1, 0.15) is 19.3 Å².